The highest BCUT2D eigenvalue weighted by molar-refractivity contribution is 5.82. The molecule has 1 aliphatic heterocycles. The van der Waals surface area contributed by atoms with Gasteiger partial charge in [-0.15, -0.1) is 0 Å². The highest BCUT2D eigenvalue weighted by Gasteiger charge is 2.27. The molecule has 2 rings (SSSR count). The van der Waals surface area contributed by atoms with Gasteiger partial charge in [-0.05, 0) is 25.3 Å². The van der Waals surface area contributed by atoms with E-state index in [0.29, 0.717) is 19.4 Å². The minimum Gasteiger partial charge on any atom is -0.466 e. The van der Waals surface area contributed by atoms with E-state index < -0.39 is 0 Å². The van der Waals surface area contributed by atoms with Gasteiger partial charge >= 0.3 is 12.1 Å². The summed E-state index contributed by atoms with van der Waals surface area (Å²) in [7, 11) is 1.36. The number of amides is 1. The lowest BCUT2D eigenvalue weighted by Gasteiger charge is -2.33. The van der Waals surface area contributed by atoms with E-state index in [4.69, 9.17) is 4.74 Å². The summed E-state index contributed by atoms with van der Waals surface area (Å²) in [5.41, 5.74) is 1.97. The topological polar surface area (TPSA) is 55.8 Å². The molecule has 0 unspecified atom stereocenters. The van der Waals surface area contributed by atoms with E-state index in [0.717, 1.165) is 11.1 Å². The molecule has 1 heterocycles. The Kier molecular flexibility index (Phi) is 5.58. The SMILES string of the molecule is COC(=O)/C=C1/CCN(C(=O)OCc2ccccc2)[C@@H](C)C1. The highest BCUT2D eigenvalue weighted by atomic mass is 16.6. The van der Waals surface area contributed by atoms with Gasteiger partial charge in [0.15, 0.2) is 0 Å². The molecule has 5 nitrogen and oxygen atoms in total. The lowest BCUT2D eigenvalue weighted by Crippen LogP contribution is -2.43. The van der Waals surface area contributed by atoms with E-state index in [1.54, 1.807) is 4.90 Å². The molecule has 1 saturated heterocycles. The maximum absolute atomic E-state index is 12.2. The summed E-state index contributed by atoms with van der Waals surface area (Å²) in [6, 6.07) is 9.60. The van der Waals surface area contributed by atoms with E-state index in [1.807, 2.05) is 37.3 Å². The Bertz CT molecular complexity index is 553. The van der Waals surface area contributed by atoms with E-state index in [2.05, 4.69) is 4.74 Å². The number of nitrogens with zero attached hydrogens (tertiary/aromatic N) is 1. The van der Waals surface area contributed by atoms with Gasteiger partial charge in [-0.1, -0.05) is 35.9 Å². The first-order valence-corrected chi connectivity index (χ1v) is 7.35. The quantitative estimate of drug-likeness (QED) is 0.636. The molecule has 1 atom stereocenters. The van der Waals surface area contributed by atoms with Crippen LogP contribution in [0.5, 0.6) is 0 Å². The second-order valence-corrected chi connectivity index (χ2v) is 5.36. The fraction of sp³-hybridized carbons (Fsp3) is 0.412. The molecule has 1 amide bonds. The van der Waals surface area contributed by atoms with Crippen molar-refractivity contribution in [3.8, 4) is 0 Å². The largest absolute Gasteiger partial charge is 0.466 e. The van der Waals surface area contributed by atoms with Crippen LogP contribution in [0.25, 0.3) is 0 Å². The van der Waals surface area contributed by atoms with Gasteiger partial charge in [0.05, 0.1) is 7.11 Å². The Hall–Kier alpha value is -2.30. The summed E-state index contributed by atoms with van der Waals surface area (Å²) >= 11 is 0. The zero-order valence-corrected chi connectivity index (χ0v) is 13.0. The number of rotatable bonds is 3. The number of methoxy groups -OCH3 is 1. The van der Waals surface area contributed by atoms with Crippen molar-refractivity contribution in [3.05, 3.63) is 47.5 Å². The average Bonchev–Trinajstić information content (AvgIpc) is 2.53. The van der Waals surface area contributed by atoms with Crippen molar-refractivity contribution in [1.82, 2.24) is 4.90 Å². The molecule has 1 aromatic rings. The molecular formula is C17H21NO4. The number of piperidine rings is 1. The first kappa shape index (κ1) is 16.1. The van der Waals surface area contributed by atoms with Crippen LogP contribution < -0.4 is 0 Å². The Balaban J connectivity index is 1.87. The van der Waals surface area contributed by atoms with Gasteiger partial charge in [-0.2, -0.15) is 0 Å². The molecule has 118 valence electrons. The van der Waals surface area contributed by atoms with Crippen molar-refractivity contribution < 1.29 is 19.1 Å². The summed E-state index contributed by atoms with van der Waals surface area (Å²) < 4.78 is 9.98. The number of ether oxygens (including phenoxy) is 2. The maximum Gasteiger partial charge on any atom is 0.410 e. The zero-order valence-electron chi connectivity index (χ0n) is 13.0. The third-order valence-corrected chi connectivity index (χ3v) is 3.73. The van der Waals surface area contributed by atoms with Gasteiger partial charge in [-0.3, -0.25) is 0 Å². The van der Waals surface area contributed by atoms with Gasteiger partial charge < -0.3 is 14.4 Å². The molecule has 0 N–H and O–H groups in total. The van der Waals surface area contributed by atoms with Crippen LogP contribution in [0.15, 0.2) is 42.0 Å². The molecule has 22 heavy (non-hydrogen) atoms. The summed E-state index contributed by atoms with van der Waals surface area (Å²) in [4.78, 5) is 25.1. The molecule has 0 saturated carbocycles. The van der Waals surface area contributed by atoms with Gasteiger partial charge in [0.1, 0.15) is 6.61 Å². The third kappa shape index (κ3) is 4.35. The second kappa shape index (κ2) is 7.64. The molecule has 0 radical (unpaired) electrons. The first-order chi connectivity index (χ1) is 10.6. The zero-order chi connectivity index (χ0) is 15.9. The van der Waals surface area contributed by atoms with E-state index in [9.17, 15) is 9.59 Å². The van der Waals surface area contributed by atoms with Gasteiger partial charge in [0.2, 0.25) is 0 Å². The third-order valence-electron chi connectivity index (χ3n) is 3.73. The van der Waals surface area contributed by atoms with E-state index in [1.165, 1.54) is 13.2 Å². The molecule has 1 aromatic carbocycles. The second-order valence-electron chi connectivity index (χ2n) is 5.36. The summed E-state index contributed by atoms with van der Waals surface area (Å²) in [6.07, 6.45) is 2.53. The molecule has 1 fully saturated rings. The fourth-order valence-electron chi connectivity index (χ4n) is 2.51. The van der Waals surface area contributed by atoms with E-state index >= 15 is 0 Å². The molecule has 5 heteroatoms. The monoisotopic (exact) mass is 303 g/mol. The molecule has 0 bridgehead atoms. The van der Waals surface area contributed by atoms with Gasteiger partial charge in [0, 0.05) is 18.7 Å². The number of hydrogen-bond acceptors (Lipinski definition) is 4. The lowest BCUT2D eigenvalue weighted by atomic mass is 9.98. The number of hydrogen-bond donors (Lipinski definition) is 0. The lowest BCUT2D eigenvalue weighted by molar-refractivity contribution is -0.134. The summed E-state index contributed by atoms with van der Waals surface area (Å²) in [6.45, 7) is 2.78. The summed E-state index contributed by atoms with van der Waals surface area (Å²) in [5.74, 6) is -0.345. The smallest absolute Gasteiger partial charge is 0.410 e. The van der Waals surface area contributed by atoms with Crippen LogP contribution in [0.2, 0.25) is 0 Å². The van der Waals surface area contributed by atoms with Crippen molar-refractivity contribution in [2.45, 2.75) is 32.4 Å². The minimum absolute atomic E-state index is 0.00734. The van der Waals surface area contributed by atoms with Crippen LogP contribution in [-0.2, 0) is 20.9 Å². The molecule has 0 spiro atoms. The highest BCUT2D eigenvalue weighted by Crippen LogP contribution is 2.23. The predicted octanol–water partition coefficient (Wildman–Crippen LogP) is 2.91. The van der Waals surface area contributed by atoms with Gasteiger partial charge in [-0.25, -0.2) is 9.59 Å². The Morgan fingerprint density at radius 3 is 2.68 bits per heavy atom. The molecule has 0 aromatic heterocycles. The standard InChI is InChI=1S/C17H21NO4/c1-13-10-15(11-16(19)21-2)8-9-18(13)17(20)22-12-14-6-4-3-5-7-14/h3-7,11,13H,8-10,12H2,1-2H3/b15-11-/t13-/m0/s1. The average molecular weight is 303 g/mol. The Morgan fingerprint density at radius 1 is 1.32 bits per heavy atom. The first-order valence-electron chi connectivity index (χ1n) is 7.35. The van der Waals surface area contributed by atoms with Gasteiger partial charge in [0.25, 0.3) is 0 Å². The van der Waals surface area contributed by atoms with Crippen LogP contribution in [0.4, 0.5) is 4.79 Å². The predicted molar refractivity (Wildman–Crippen MR) is 82.1 cm³/mol. The van der Waals surface area contributed by atoms with Crippen LogP contribution >= 0.6 is 0 Å². The van der Waals surface area contributed by atoms with Crippen molar-refractivity contribution in [2.75, 3.05) is 13.7 Å². The number of benzene rings is 1. The van der Waals surface area contributed by atoms with Crippen molar-refractivity contribution in [2.24, 2.45) is 0 Å². The number of esters is 1. The van der Waals surface area contributed by atoms with Crippen molar-refractivity contribution >= 4 is 12.1 Å². The van der Waals surface area contributed by atoms with Crippen LogP contribution in [-0.4, -0.2) is 36.7 Å². The number of likely N-dealkylation sites (tertiary alicyclic amines) is 1. The normalized spacial score (nSPS) is 19.8. The molecule has 0 aliphatic carbocycles. The molecular weight excluding hydrogens is 282 g/mol. The van der Waals surface area contributed by atoms with E-state index in [-0.39, 0.29) is 24.7 Å². The Labute approximate surface area is 130 Å². The van der Waals surface area contributed by atoms with Crippen molar-refractivity contribution in [3.63, 3.8) is 0 Å². The van der Waals surface area contributed by atoms with Crippen LogP contribution in [0, 0.1) is 0 Å². The van der Waals surface area contributed by atoms with Crippen LogP contribution in [0.1, 0.15) is 25.3 Å². The minimum atomic E-state index is -0.345. The Morgan fingerprint density at radius 2 is 2.05 bits per heavy atom. The number of carbonyl (C=O) groups is 2. The number of carbonyl (C=O) groups excluding carboxylic acids is 2. The summed E-state index contributed by atoms with van der Waals surface area (Å²) in [5, 5.41) is 0. The fourth-order valence-corrected chi connectivity index (χ4v) is 2.51. The van der Waals surface area contributed by atoms with Crippen molar-refractivity contribution in [1.29, 1.82) is 0 Å². The maximum atomic E-state index is 12.2. The molecule has 1 aliphatic rings. The van der Waals surface area contributed by atoms with Crippen LogP contribution in [0.3, 0.4) is 0 Å².